The molecule has 0 atom stereocenters. The summed E-state index contributed by atoms with van der Waals surface area (Å²) in [6.45, 7) is 1.46. The predicted octanol–water partition coefficient (Wildman–Crippen LogP) is 0.912. The van der Waals surface area contributed by atoms with Gasteiger partial charge in [0, 0.05) is 6.54 Å². The highest BCUT2D eigenvalue weighted by Gasteiger charge is 2.21. The van der Waals surface area contributed by atoms with E-state index >= 15 is 0 Å². The van der Waals surface area contributed by atoms with Crippen LogP contribution in [0.3, 0.4) is 0 Å². The number of halogens is 2. The number of hydrogen-bond acceptors (Lipinski definition) is 2. The molecule has 2 amide bonds. The van der Waals surface area contributed by atoms with Gasteiger partial charge >= 0.3 is 0 Å². The average molecular weight is 242 g/mol. The zero-order chi connectivity index (χ0) is 13.0. The summed E-state index contributed by atoms with van der Waals surface area (Å²) in [5, 5.41) is 0. The van der Waals surface area contributed by atoms with Gasteiger partial charge in [-0.2, -0.15) is 0 Å². The molecule has 0 aliphatic carbocycles. The first-order valence-electron chi connectivity index (χ1n) is 4.99. The van der Waals surface area contributed by atoms with Gasteiger partial charge in [0.25, 0.3) is 5.91 Å². The van der Waals surface area contributed by atoms with Gasteiger partial charge in [0.1, 0.15) is 0 Å². The third-order valence-corrected chi connectivity index (χ3v) is 2.20. The van der Waals surface area contributed by atoms with Gasteiger partial charge < -0.3 is 10.6 Å². The second-order valence-electron chi connectivity index (χ2n) is 3.39. The number of rotatable bonds is 4. The number of hydrogen-bond donors (Lipinski definition) is 1. The van der Waals surface area contributed by atoms with E-state index < -0.39 is 29.0 Å². The molecule has 0 unspecified atom stereocenters. The molecule has 0 heterocycles. The van der Waals surface area contributed by atoms with Gasteiger partial charge in [0.2, 0.25) is 5.91 Å². The van der Waals surface area contributed by atoms with Crippen LogP contribution in [0, 0.1) is 11.6 Å². The first-order valence-corrected chi connectivity index (χ1v) is 4.99. The van der Waals surface area contributed by atoms with Gasteiger partial charge in [-0.05, 0) is 19.1 Å². The third-order valence-electron chi connectivity index (χ3n) is 2.20. The maximum Gasteiger partial charge on any atom is 0.257 e. The molecule has 0 saturated heterocycles. The van der Waals surface area contributed by atoms with E-state index in [9.17, 15) is 18.4 Å². The van der Waals surface area contributed by atoms with Gasteiger partial charge in [0.05, 0.1) is 12.1 Å². The molecule has 1 aromatic rings. The van der Waals surface area contributed by atoms with Crippen molar-refractivity contribution in [2.45, 2.75) is 6.92 Å². The van der Waals surface area contributed by atoms with Crippen molar-refractivity contribution in [3.63, 3.8) is 0 Å². The number of amides is 2. The molecule has 1 rings (SSSR count). The van der Waals surface area contributed by atoms with Crippen molar-refractivity contribution in [2.24, 2.45) is 5.73 Å². The fraction of sp³-hybridized carbons (Fsp3) is 0.273. The Morgan fingerprint density at radius 1 is 1.35 bits per heavy atom. The zero-order valence-corrected chi connectivity index (χ0v) is 9.24. The van der Waals surface area contributed by atoms with Crippen LogP contribution in [0.15, 0.2) is 18.2 Å². The fourth-order valence-corrected chi connectivity index (χ4v) is 1.35. The number of benzene rings is 1. The number of nitrogens with two attached hydrogens (primary N) is 1. The molecule has 0 aromatic heterocycles. The Kier molecular flexibility index (Phi) is 4.14. The number of carbonyl (C=O) groups excluding carboxylic acids is 2. The Morgan fingerprint density at radius 3 is 2.53 bits per heavy atom. The van der Waals surface area contributed by atoms with Gasteiger partial charge in [0.15, 0.2) is 11.6 Å². The Balaban J connectivity index is 3.02. The van der Waals surface area contributed by atoms with Crippen LogP contribution in [0.5, 0.6) is 0 Å². The van der Waals surface area contributed by atoms with E-state index in [1.54, 1.807) is 6.92 Å². The molecule has 0 spiro atoms. The number of carbonyl (C=O) groups is 2. The highest BCUT2D eigenvalue weighted by molar-refractivity contribution is 5.96. The smallest absolute Gasteiger partial charge is 0.257 e. The van der Waals surface area contributed by atoms with Crippen LogP contribution in [0.1, 0.15) is 17.3 Å². The van der Waals surface area contributed by atoms with E-state index in [-0.39, 0.29) is 13.1 Å². The molecule has 2 N–H and O–H groups in total. The molecule has 4 nitrogen and oxygen atoms in total. The Labute approximate surface area is 97.0 Å². The Hall–Kier alpha value is -1.98. The number of likely N-dealkylation sites (N-methyl/N-ethyl adjacent to an activating group) is 1. The van der Waals surface area contributed by atoms with E-state index in [0.717, 1.165) is 17.0 Å². The fourth-order valence-electron chi connectivity index (χ4n) is 1.35. The molecule has 0 aliphatic rings. The van der Waals surface area contributed by atoms with Crippen molar-refractivity contribution in [3.05, 3.63) is 35.4 Å². The maximum atomic E-state index is 13.3. The minimum Gasteiger partial charge on any atom is -0.368 e. The molecule has 0 aliphatic heterocycles. The lowest BCUT2D eigenvalue weighted by Crippen LogP contribution is -2.38. The Bertz CT molecular complexity index is 449. The Morgan fingerprint density at radius 2 is 2.00 bits per heavy atom. The van der Waals surface area contributed by atoms with Crippen LogP contribution in [0.25, 0.3) is 0 Å². The summed E-state index contributed by atoms with van der Waals surface area (Å²) in [4.78, 5) is 23.6. The van der Waals surface area contributed by atoms with Crippen molar-refractivity contribution in [1.82, 2.24) is 4.90 Å². The minimum atomic E-state index is -1.22. The molecular formula is C11H12F2N2O2. The topological polar surface area (TPSA) is 63.4 Å². The molecule has 0 radical (unpaired) electrons. The molecular weight excluding hydrogens is 230 g/mol. The lowest BCUT2D eigenvalue weighted by atomic mass is 10.1. The third kappa shape index (κ3) is 2.99. The van der Waals surface area contributed by atoms with Crippen LogP contribution in [0.4, 0.5) is 8.78 Å². The van der Waals surface area contributed by atoms with Crippen LogP contribution in [-0.4, -0.2) is 29.8 Å². The number of nitrogens with zero attached hydrogens (tertiary/aromatic N) is 1. The predicted molar refractivity (Wildman–Crippen MR) is 57.1 cm³/mol. The lowest BCUT2D eigenvalue weighted by Gasteiger charge is -2.19. The number of primary amides is 1. The van der Waals surface area contributed by atoms with Crippen molar-refractivity contribution in [1.29, 1.82) is 0 Å². The van der Waals surface area contributed by atoms with E-state index in [1.165, 1.54) is 6.07 Å². The summed E-state index contributed by atoms with van der Waals surface area (Å²) in [5.41, 5.74) is 4.54. The van der Waals surface area contributed by atoms with Crippen molar-refractivity contribution in [2.75, 3.05) is 13.1 Å². The van der Waals surface area contributed by atoms with E-state index in [4.69, 9.17) is 5.73 Å². The van der Waals surface area contributed by atoms with Crippen LogP contribution in [-0.2, 0) is 4.79 Å². The zero-order valence-electron chi connectivity index (χ0n) is 9.24. The van der Waals surface area contributed by atoms with Crippen molar-refractivity contribution < 1.29 is 18.4 Å². The summed E-state index contributed by atoms with van der Waals surface area (Å²) < 4.78 is 26.3. The SMILES string of the molecule is CCN(CC(N)=O)C(=O)c1cccc(F)c1F. The normalized spacial score (nSPS) is 10.1. The molecule has 92 valence electrons. The molecule has 0 saturated carbocycles. The summed E-state index contributed by atoms with van der Waals surface area (Å²) in [7, 11) is 0. The van der Waals surface area contributed by atoms with Crippen LogP contribution in [0.2, 0.25) is 0 Å². The lowest BCUT2D eigenvalue weighted by molar-refractivity contribution is -0.118. The highest BCUT2D eigenvalue weighted by atomic mass is 19.2. The monoisotopic (exact) mass is 242 g/mol. The minimum absolute atomic E-state index is 0.178. The molecule has 17 heavy (non-hydrogen) atoms. The first-order chi connectivity index (χ1) is 7.97. The highest BCUT2D eigenvalue weighted by Crippen LogP contribution is 2.13. The van der Waals surface area contributed by atoms with Crippen molar-refractivity contribution in [3.8, 4) is 0 Å². The molecule has 6 heteroatoms. The summed E-state index contributed by atoms with van der Waals surface area (Å²) in [6.07, 6.45) is 0. The largest absolute Gasteiger partial charge is 0.368 e. The second kappa shape index (κ2) is 5.38. The van der Waals surface area contributed by atoms with Crippen LogP contribution >= 0.6 is 0 Å². The van der Waals surface area contributed by atoms with Gasteiger partial charge in [-0.25, -0.2) is 8.78 Å². The van der Waals surface area contributed by atoms with Gasteiger partial charge in [-0.1, -0.05) is 6.07 Å². The van der Waals surface area contributed by atoms with Gasteiger partial charge in [-0.15, -0.1) is 0 Å². The van der Waals surface area contributed by atoms with E-state index in [0.29, 0.717) is 0 Å². The average Bonchev–Trinajstić information content (AvgIpc) is 2.28. The molecule has 1 aromatic carbocycles. The summed E-state index contributed by atoms with van der Waals surface area (Å²) in [6, 6.07) is 3.30. The molecule has 0 bridgehead atoms. The maximum absolute atomic E-state index is 13.3. The summed E-state index contributed by atoms with van der Waals surface area (Å²) >= 11 is 0. The van der Waals surface area contributed by atoms with Gasteiger partial charge in [-0.3, -0.25) is 9.59 Å². The van der Waals surface area contributed by atoms with Crippen molar-refractivity contribution >= 4 is 11.8 Å². The quantitative estimate of drug-likeness (QED) is 0.853. The van der Waals surface area contributed by atoms with E-state index in [2.05, 4.69) is 0 Å². The standard InChI is InChI=1S/C11H12F2N2O2/c1-2-15(6-9(14)16)11(17)7-4-3-5-8(12)10(7)13/h3-5H,2,6H2,1H3,(H2,14,16). The first kappa shape index (κ1) is 13.1. The van der Waals surface area contributed by atoms with E-state index in [1.807, 2.05) is 0 Å². The summed E-state index contributed by atoms with van der Waals surface area (Å²) in [5.74, 6) is -3.80. The molecule has 0 fully saturated rings. The second-order valence-corrected chi connectivity index (χ2v) is 3.39. The van der Waals surface area contributed by atoms with Crippen LogP contribution < -0.4 is 5.73 Å².